The lowest BCUT2D eigenvalue weighted by atomic mass is 10.0. The van der Waals surface area contributed by atoms with Crippen molar-refractivity contribution in [2.45, 2.75) is 19.8 Å². The van der Waals surface area contributed by atoms with Crippen LogP contribution in [0, 0.1) is 0 Å². The van der Waals surface area contributed by atoms with Crippen LogP contribution in [0.25, 0.3) is 0 Å². The molecule has 1 rings (SSSR count). The number of thioether (sulfide) groups is 1. The number of ketones is 1. The number of nitrogens with zero attached hydrogens (tertiary/aromatic N) is 1. The Balaban J connectivity index is 0.00000196. The fourth-order valence-corrected chi connectivity index (χ4v) is 2.11. The van der Waals surface area contributed by atoms with Crippen molar-refractivity contribution in [3.05, 3.63) is 11.6 Å². The van der Waals surface area contributed by atoms with E-state index in [1.165, 1.54) is 0 Å². The molecule has 0 aromatic carbocycles. The minimum Gasteiger partial charge on any atom is -0.302 e. The monoisotopic (exact) mass is 249 g/mol. The van der Waals surface area contributed by atoms with Gasteiger partial charge in [-0.2, -0.15) is 11.8 Å². The smallest absolute Gasteiger partial charge is 0.159 e. The number of likely N-dealkylation sites (N-methyl/N-ethyl adjacent to an activating group) is 1. The number of rotatable bonds is 5. The maximum Gasteiger partial charge on any atom is 0.159 e. The molecule has 0 aromatic rings. The van der Waals surface area contributed by atoms with Gasteiger partial charge in [0.1, 0.15) is 0 Å². The summed E-state index contributed by atoms with van der Waals surface area (Å²) in [6.07, 6.45) is 3.74. The maximum absolute atomic E-state index is 11.7. The zero-order valence-electron chi connectivity index (χ0n) is 9.49. The second-order valence-corrected chi connectivity index (χ2v) is 5.01. The molecule has 0 atom stereocenters. The zero-order valence-corrected chi connectivity index (χ0v) is 11.1. The molecular weight excluding hydrogens is 230 g/mol. The highest BCUT2D eigenvalue weighted by Crippen LogP contribution is 2.13. The minimum absolute atomic E-state index is 0. The summed E-state index contributed by atoms with van der Waals surface area (Å²) in [6.45, 7) is 4.09. The Morgan fingerprint density at radius 3 is 2.87 bits per heavy atom. The van der Waals surface area contributed by atoms with Crippen molar-refractivity contribution in [1.82, 2.24) is 4.90 Å². The molecule has 0 N–H and O–H groups in total. The standard InChI is InChI=1S/C11H19NOS.ClH/c1-3-14-9-6-11(13)10-4-7-12(2)8-5-10;/h4H,3,5-9H2,1-2H3;1H. The van der Waals surface area contributed by atoms with Crippen LogP contribution in [0.2, 0.25) is 0 Å². The first-order chi connectivity index (χ1) is 6.74. The first kappa shape index (κ1) is 15.0. The van der Waals surface area contributed by atoms with Gasteiger partial charge in [0.25, 0.3) is 0 Å². The van der Waals surface area contributed by atoms with Crippen LogP contribution in [-0.2, 0) is 4.79 Å². The van der Waals surface area contributed by atoms with Crippen LogP contribution >= 0.6 is 24.2 Å². The molecule has 0 bridgehead atoms. The Labute approximate surface area is 103 Å². The molecule has 88 valence electrons. The van der Waals surface area contributed by atoms with E-state index in [-0.39, 0.29) is 12.4 Å². The topological polar surface area (TPSA) is 20.3 Å². The van der Waals surface area contributed by atoms with E-state index in [2.05, 4.69) is 24.9 Å². The number of carbonyl (C=O) groups excluding carboxylic acids is 1. The lowest BCUT2D eigenvalue weighted by Crippen LogP contribution is -2.26. The number of carbonyl (C=O) groups is 1. The van der Waals surface area contributed by atoms with Crippen LogP contribution in [0.3, 0.4) is 0 Å². The van der Waals surface area contributed by atoms with Gasteiger partial charge >= 0.3 is 0 Å². The average molecular weight is 250 g/mol. The van der Waals surface area contributed by atoms with E-state index in [9.17, 15) is 4.79 Å². The highest BCUT2D eigenvalue weighted by molar-refractivity contribution is 7.99. The molecule has 0 saturated carbocycles. The quantitative estimate of drug-likeness (QED) is 0.698. The SMILES string of the molecule is CCSCCC(=O)C1=CCN(C)CC1.Cl. The van der Waals surface area contributed by atoms with Crippen molar-refractivity contribution in [1.29, 1.82) is 0 Å². The second kappa shape index (κ2) is 8.20. The number of hydrogen-bond donors (Lipinski definition) is 0. The molecule has 0 unspecified atom stereocenters. The van der Waals surface area contributed by atoms with Crippen molar-refractivity contribution in [3.8, 4) is 0 Å². The molecule has 0 radical (unpaired) electrons. The van der Waals surface area contributed by atoms with E-state index in [0.717, 1.165) is 36.6 Å². The van der Waals surface area contributed by atoms with Crippen LogP contribution in [0.4, 0.5) is 0 Å². The molecular formula is C11H20ClNOS. The zero-order chi connectivity index (χ0) is 10.4. The van der Waals surface area contributed by atoms with Gasteiger partial charge in [-0.15, -0.1) is 12.4 Å². The van der Waals surface area contributed by atoms with Crippen molar-refractivity contribution in [2.75, 3.05) is 31.6 Å². The molecule has 4 heteroatoms. The Kier molecular flexibility index (Phi) is 8.20. The normalized spacial score (nSPS) is 16.8. The molecule has 0 saturated heterocycles. The molecule has 0 spiro atoms. The van der Waals surface area contributed by atoms with Crippen LogP contribution < -0.4 is 0 Å². The molecule has 0 fully saturated rings. The molecule has 2 nitrogen and oxygen atoms in total. The fourth-order valence-electron chi connectivity index (χ4n) is 1.49. The largest absolute Gasteiger partial charge is 0.302 e. The van der Waals surface area contributed by atoms with E-state index in [4.69, 9.17) is 0 Å². The van der Waals surface area contributed by atoms with Crippen molar-refractivity contribution in [3.63, 3.8) is 0 Å². The van der Waals surface area contributed by atoms with Gasteiger partial charge in [0.2, 0.25) is 0 Å². The van der Waals surface area contributed by atoms with Gasteiger partial charge in [0.05, 0.1) is 0 Å². The van der Waals surface area contributed by atoms with Gasteiger partial charge in [-0.25, -0.2) is 0 Å². The van der Waals surface area contributed by atoms with E-state index in [1.54, 1.807) is 0 Å². The van der Waals surface area contributed by atoms with E-state index >= 15 is 0 Å². The third-order valence-corrected chi connectivity index (χ3v) is 3.35. The second-order valence-electron chi connectivity index (χ2n) is 3.61. The van der Waals surface area contributed by atoms with Gasteiger partial charge in [-0.3, -0.25) is 4.79 Å². The highest BCUT2D eigenvalue weighted by atomic mass is 35.5. The molecule has 1 heterocycles. The Hall–Kier alpha value is 0.01000. The van der Waals surface area contributed by atoms with E-state index < -0.39 is 0 Å². The van der Waals surface area contributed by atoms with E-state index in [1.807, 2.05) is 11.8 Å². The summed E-state index contributed by atoms with van der Waals surface area (Å²) < 4.78 is 0. The van der Waals surface area contributed by atoms with Gasteiger partial charge in [-0.1, -0.05) is 13.0 Å². The van der Waals surface area contributed by atoms with Crippen molar-refractivity contribution >= 4 is 30.0 Å². The lowest BCUT2D eigenvalue weighted by Gasteiger charge is -2.21. The van der Waals surface area contributed by atoms with Gasteiger partial charge in [-0.05, 0) is 24.8 Å². The molecule has 15 heavy (non-hydrogen) atoms. The van der Waals surface area contributed by atoms with Crippen LogP contribution in [0.1, 0.15) is 19.8 Å². The minimum atomic E-state index is 0. The lowest BCUT2D eigenvalue weighted by molar-refractivity contribution is -0.115. The summed E-state index contributed by atoms with van der Waals surface area (Å²) in [5.74, 6) is 2.44. The summed E-state index contributed by atoms with van der Waals surface area (Å²) in [5.41, 5.74) is 1.06. The molecule has 0 aromatic heterocycles. The third kappa shape index (κ3) is 5.59. The Morgan fingerprint density at radius 2 is 2.33 bits per heavy atom. The first-order valence-corrected chi connectivity index (χ1v) is 6.38. The summed E-state index contributed by atoms with van der Waals surface area (Å²) in [5, 5.41) is 0. The average Bonchev–Trinajstić information content (AvgIpc) is 2.19. The highest BCUT2D eigenvalue weighted by Gasteiger charge is 2.13. The van der Waals surface area contributed by atoms with Crippen molar-refractivity contribution in [2.24, 2.45) is 0 Å². The summed E-state index contributed by atoms with van der Waals surface area (Å²) in [7, 11) is 2.09. The maximum atomic E-state index is 11.7. The summed E-state index contributed by atoms with van der Waals surface area (Å²) in [6, 6.07) is 0. The number of halogens is 1. The van der Waals surface area contributed by atoms with Gasteiger partial charge in [0, 0.05) is 25.3 Å². The number of Topliss-reactive ketones (excluding diaryl/α,β-unsaturated/α-hetero) is 1. The Morgan fingerprint density at radius 1 is 1.60 bits per heavy atom. The molecule has 0 amide bonds. The first-order valence-electron chi connectivity index (χ1n) is 5.22. The van der Waals surface area contributed by atoms with E-state index in [0.29, 0.717) is 12.2 Å². The predicted octanol–water partition coefficient (Wildman–Crippen LogP) is 2.38. The third-order valence-electron chi connectivity index (χ3n) is 2.45. The molecule has 1 aliphatic rings. The van der Waals surface area contributed by atoms with Crippen molar-refractivity contribution < 1.29 is 4.79 Å². The van der Waals surface area contributed by atoms with Gasteiger partial charge < -0.3 is 4.90 Å². The van der Waals surface area contributed by atoms with Crippen LogP contribution in [0.15, 0.2) is 11.6 Å². The fraction of sp³-hybridized carbons (Fsp3) is 0.727. The number of hydrogen-bond acceptors (Lipinski definition) is 3. The Bertz CT molecular complexity index is 231. The predicted molar refractivity (Wildman–Crippen MR) is 70.1 cm³/mol. The summed E-state index contributed by atoms with van der Waals surface area (Å²) >= 11 is 1.84. The molecule has 0 aliphatic carbocycles. The van der Waals surface area contributed by atoms with Crippen LogP contribution in [0.5, 0.6) is 0 Å². The van der Waals surface area contributed by atoms with Crippen LogP contribution in [-0.4, -0.2) is 42.3 Å². The van der Waals surface area contributed by atoms with Gasteiger partial charge in [0.15, 0.2) is 5.78 Å². The summed E-state index contributed by atoms with van der Waals surface area (Å²) in [4.78, 5) is 13.9. The molecule has 1 aliphatic heterocycles.